The van der Waals surface area contributed by atoms with E-state index in [1.54, 1.807) is 20.8 Å². The van der Waals surface area contributed by atoms with E-state index in [-0.39, 0.29) is 0 Å². The van der Waals surface area contributed by atoms with Crippen LogP contribution >= 0.6 is 0 Å². The molecular weight excluding hydrogens is 262 g/mol. The summed E-state index contributed by atoms with van der Waals surface area (Å²) in [6.07, 6.45) is 11.4. The number of aliphatic carboxylic acids is 1. The molecule has 0 N–H and O–H groups in total. The number of carboxylic acids is 1. The smallest absolute Gasteiger partial charge is 0.0780 e. The molecule has 0 aromatic heterocycles. The van der Waals surface area contributed by atoms with Crippen molar-refractivity contribution in [3.8, 4) is 0 Å². The molecule has 0 amide bonds. The van der Waals surface area contributed by atoms with Crippen LogP contribution in [0.1, 0.15) is 79.1 Å². The summed E-state index contributed by atoms with van der Waals surface area (Å²) in [6, 6.07) is 0. The van der Waals surface area contributed by atoms with Gasteiger partial charge >= 0.3 is 0 Å². The van der Waals surface area contributed by atoms with Crippen molar-refractivity contribution in [3.05, 3.63) is 0 Å². The molecule has 0 rings (SSSR count). The summed E-state index contributed by atoms with van der Waals surface area (Å²) < 4.78 is 1.12. The Morgan fingerprint density at radius 2 is 1.19 bits per heavy atom. The Bertz CT molecular complexity index is 249. The molecule has 0 bridgehead atoms. The summed E-state index contributed by atoms with van der Waals surface area (Å²) in [5, 5.41) is 9.91. The van der Waals surface area contributed by atoms with E-state index in [4.69, 9.17) is 0 Å². The zero-order chi connectivity index (χ0) is 16.9. The van der Waals surface area contributed by atoms with Gasteiger partial charge in [-0.05, 0) is 12.8 Å². The maximum atomic E-state index is 9.91. The Kier molecular flexibility index (Phi) is 13.0. The fourth-order valence-electron chi connectivity index (χ4n) is 1.72. The van der Waals surface area contributed by atoms with Gasteiger partial charge in [-0.15, -0.1) is 0 Å². The molecule has 3 nitrogen and oxygen atoms in total. The van der Waals surface area contributed by atoms with E-state index in [1.165, 1.54) is 57.9 Å². The number of carbonyl (C=O) groups excluding carboxylic acids is 1. The minimum Gasteiger partial charge on any atom is -0.550 e. The highest BCUT2D eigenvalue weighted by molar-refractivity contribution is 5.70. The minimum absolute atomic E-state index is 0.694. The first-order valence-electron chi connectivity index (χ1n) is 8.52. The molecule has 0 aromatic carbocycles. The lowest BCUT2D eigenvalue weighted by Crippen LogP contribution is -2.35. The highest BCUT2D eigenvalue weighted by Crippen LogP contribution is 2.10. The van der Waals surface area contributed by atoms with E-state index in [0.717, 1.165) is 4.48 Å². The van der Waals surface area contributed by atoms with Gasteiger partial charge in [-0.1, -0.05) is 66.2 Å². The van der Waals surface area contributed by atoms with Crippen molar-refractivity contribution >= 4 is 5.97 Å². The summed E-state index contributed by atoms with van der Waals surface area (Å²) in [5.74, 6) is -1.01. The first-order chi connectivity index (χ1) is 9.50. The normalized spacial score (nSPS) is 11.8. The molecule has 0 spiro atoms. The average molecular weight is 302 g/mol. The average Bonchev–Trinajstić information content (AvgIpc) is 2.31. The third-order valence-electron chi connectivity index (χ3n) is 3.29. The largest absolute Gasteiger partial charge is 0.550 e. The summed E-state index contributed by atoms with van der Waals surface area (Å²) in [5.41, 5.74) is -0.694. The van der Waals surface area contributed by atoms with E-state index >= 15 is 0 Å². The second-order valence-corrected chi connectivity index (χ2v) is 8.03. The number of hydrogen-bond acceptors (Lipinski definition) is 2. The maximum absolute atomic E-state index is 9.91. The van der Waals surface area contributed by atoms with Gasteiger partial charge in [0.05, 0.1) is 27.7 Å². The number of carboxylic acid groups (broad SMARTS) is 1. The lowest BCUT2D eigenvalue weighted by atomic mass is 9.98. The van der Waals surface area contributed by atoms with Gasteiger partial charge < -0.3 is 14.4 Å². The lowest BCUT2D eigenvalue weighted by molar-refractivity contribution is -0.870. The number of rotatable bonds is 9. The monoisotopic (exact) mass is 301 g/mol. The first kappa shape index (κ1) is 22.7. The number of quaternary nitrogens is 1. The standard InChI is InChI=1S/C13H30N.C5H10O2/c1-5-6-7-8-9-10-11-12-13-14(2,3)4;1-5(2,3)4(6)7/h5-13H2,1-4H3;1-3H3,(H,6,7)/q+1;/p-1. The van der Waals surface area contributed by atoms with Gasteiger partial charge in [-0.3, -0.25) is 0 Å². The van der Waals surface area contributed by atoms with Crippen molar-refractivity contribution in [1.82, 2.24) is 0 Å². The fourth-order valence-corrected chi connectivity index (χ4v) is 1.72. The van der Waals surface area contributed by atoms with Crippen LogP contribution in [0.5, 0.6) is 0 Å². The molecule has 128 valence electrons. The van der Waals surface area contributed by atoms with Crippen molar-refractivity contribution in [2.75, 3.05) is 27.7 Å². The summed E-state index contributed by atoms with van der Waals surface area (Å²) >= 11 is 0. The number of unbranched alkanes of at least 4 members (excludes halogenated alkanes) is 7. The van der Waals surface area contributed by atoms with E-state index in [9.17, 15) is 9.90 Å². The molecule has 0 saturated carbocycles. The molecule has 0 aliphatic rings. The maximum Gasteiger partial charge on any atom is 0.0780 e. The van der Waals surface area contributed by atoms with Gasteiger partial charge in [0.15, 0.2) is 0 Å². The van der Waals surface area contributed by atoms with E-state index in [1.807, 2.05) is 0 Å². The molecule has 0 aliphatic carbocycles. The molecule has 0 unspecified atom stereocenters. The van der Waals surface area contributed by atoms with Crippen molar-refractivity contribution in [2.24, 2.45) is 5.41 Å². The summed E-state index contributed by atoms with van der Waals surface area (Å²) in [4.78, 5) is 9.91. The molecule has 0 aromatic rings. The highest BCUT2D eigenvalue weighted by Gasteiger charge is 2.09. The Balaban J connectivity index is 0. The van der Waals surface area contributed by atoms with Crippen LogP contribution in [0.25, 0.3) is 0 Å². The number of carbonyl (C=O) groups is 1. The molecular formula is C18H39NO2. The molecule has 3 heteroatoms. The van der Waals surface area contributed by atoms with Crippen LogP contribution in [0.4, 0.5) is 0 Å². The van der Waals surface area contributed by atoms with Gasteiger partial charge in [0, 0.05) is 11.4 Å². The van der Waals surface area contributed by atoms with Crippen LogP contribution in [0.2, 0.25) is 0 Å². The molecule has 0 heterocycles. The van der Waals surface area contributed by atoms with Crippen LogP contribution in [-0.4, -0.2) is 38.1 Å². The molecule has 0 saturated heterocycles. The second-order valence-electron chi connectivity index (χ2n) is 8.03. The Morgan fingerprint density at radius 3 is 1.48 bits per heavy atom. The minimum atomic E-state index is -1.01. The van der Waals surface area contributed by atoms with Crippen molar-refractivity contribution in [3.63, 3.8) is 0 Å². The van der Waals surface area contributed by atoms with Crippen molar-refractivity contribution in [1.29, 1.82) is 0 Å². The molecule has 0 fully saturated rings. The zero-order valence-corrected chi connectivity index (χ0v) is 15.6. The van der Waals surface area contributed by atoms with E-state index in [0.29, 0.717) is 0 Å². The predicted octanol–water partition coefficient (Wildman–Crippen LogP) is 3.62. The Hall–Kier alpha value is -0.570. The quantitative estimate of drug-likeness (QED) is 0.482. The van der Waals surface area contributed by atoms with Crippen molar-refractivity contribution < 1.29 is 14.4 Å². The Labute approximate surface area is 133 Å². The van der Waals surface area contributed by atoms with Gasteiger partial charge in [-0.2, -0.15) is 0 Å². The van der Waals surface area contributed by atoms with Gasteiger partial charge in [0.25, 0.3) is 0 Å². The molecule has 0 atom stereocenters. The topological polar surface area (TPSA) is 40.1 Å². The lowest BCUT2D eigenvalue weighted by Gasteiger charge is -2.23. The summed E-state index contributed by atoms with van der Waals surface area (Å²) in [6.45, 7) is 8.41. The third kappa shape index (κ3) is 21.9. The van der Waals surface area contributed by atoms with Crippen LogP contribution < -0.4 is 5.11 Å². The first-order valence-corrected chi connectivity index (χ1v) is 8.52. The SMILES string of the molecule is CC(C)(C)C(=O)[O-].CCCCCCCCCC[N+](C)(C)C. The summed E-state index contributed by atoms with van der Waals surface area (Å²) in [7, 11) is 6.84. The second kappa shape index (κ2) is 12.0. The van der Waals surface area contributed by atoms with Crippen LogP contribution in [0, 0.1) is 5.41 Å². The van der Waals surface area contributed by atoms with Crippen LogP contribution in [-0.2, 0) is 4.79 Å². The number of nitrogens with zero attached hydrogens (tertiary/aromatic N) is 1. The van der Waals surface area contributed by atoms with Crippen LogP contribution in [0.3, 0.4) is 0 Å². The zero-order valence-electron chi connectivity index (χ0n) is 15.6. The molecule has 0 aliphatic heterocycles. The Morgan fingerprint density at radius 1 is 0.857 bits per heavy atom. The van der Waals surface area contributed by atoms with E-state index in [2.05, 4.69) is 28.1 Å². The highest BCUT2D eigenvalue weighted by atomic mass is 16.4. The third-order valence-corrected chi connectivity index (χ3v) is 3.29. The molecule has 0 radical (unpaired) electrons. The van der Waals surface area contributed by atoms with Gasteiger partial charge in [0.2, 0.25) is 0 Å². The van der Waals surface area contributed by atoms with Gasteiger partial charge in [0.1, 0.15) is 0 Å². The van der Waals surface area contributed by atoms with Gasteiger partial charge in [-0.25, -0.2) is 0 Å². The van der Waals surface area contributed by atoms with Crippen LogP contribution in [0.15, 0.2) is 0 Å². The van der Waals surface area contributed by atoms with E-state index < -0.39 is 11.4 Å². The van der Waals surface area contributed by atoms with Crippen molar-refractivity contribution in [2.45, 2.75) is 79.1 Å². The predicted molar refractivity (Wildman–Crippen MR) is 90.0 cm³/mol. The molecule has 21 heavy (non-hydrogen) atoms. The number of hydrogen-bond donors (Lipinski definition) is 0. The fraction of sp³-hybridized carbons (Fsp3) is 0.944.